The molecule has 16 heavy (non-hydrogen) atoms. The lowest BCUT2D eigenvalue weighted by atomic mass is 10.2. The number of nitrogens with zero attached hydrogens (tertiary/aromatic N) is 3. The summed E-state index contributed by atoms with van der Waals surface area (Å²) < 4.78 is 2.17. The Hall–Kier alpha value is -0.900. The van der Waals surface area contributed by atoms with E-state index >= 15 is 0 Å². The zero-order valence-electron chi connectivity index (χ0n) is 10.5. The molecule has 0 aromatic carbocycles. The number of aryl methyl sites for hydroxylation is 2. The fraction of sp³-hybridized carbons (Fsp3) is 0.833. The maximum absolute atomic E-state index is 4.65. The lowest BCUT2D eigenvalue weighted by molar-refractivity contribution is 0.371. The molecule has 1 aliphatic rings. The van der Waals surface area contributed by atoms with E-state index in [4.69, 9.17) is 0 Å². The third-order valence-corrected chi connectivity index (χ3v) is 3.54. The van der Waals surface area contributed by atoms with Gasteiger partial charge in [-0.1, -0.05) is 13.8 Å². The van der Waals surface area contributed by atoms with Gasteiger partial charge < -0.3 is 5.32 Å². The van der Waals surface area contributed by atoms with E-state index in [0.29, 0.717) is 12.1 Å². The third kappa shape index (κ3) is 1.98. The van der Waals surface area contributed by atoms with Crippen LogP contribution in [-0.2, 0) is 12.8 Å². The molecule has 2 atom stereocenters. The summed E-state index contributed by atoms with van der Waals surface area (Å²) in [7, 11) is 2.05. The largest absolute Gasteiger partial charge is 0.315 e. The molecule has 1 aromatic rings. The zero-order chi connectivity index (χ0) is 11.5. The van der Waals surface area contributed by atoms with Gasteiger partial charge in [0, 0.05) is 18.9 Å². The molecule has 1 fully saturated rings. The minimum absolute atomic E-state index is 0.507. The number of hydrogen-bond acceptors (Lipinski definition) is 3. The molecule has 0 bridgehead atoms. The van der Waals surface area contributed by atoms with Gasteiger partial charge >= 0.3 is 0 Å². The van der Waals surface area contributed by atoms with Gasteiger partial charge in [0.1, 0.15) is 5.82 Å². The number of aromatic nitrogens is 3. The molecule has 1 aliphatic carbocycles. The Kier molecular flexibility index (Phi) is 3.59. The molecule has 0 radical (unpaired) electrons. The molecule has 4 heteroatoms. The lowest BCUT2D eigenvalue weighted by Crippen LogP contribution is -2.32. The highest BCUT2D eigenvalue weighted by molar-refractivity contribution is 4.98. The quantitative estimate of drug-likeness (QED) is 0.843. The van der Waals surface area contributed by atoms with Crippen molar-refractivity contribution in [3.05, 3.63) is 11.6 Å². The molecule has 4 nitrogen and oxygen atoms in total. The van der Waals surface area contributed by atoms with E-state index in [1.807, 2.05) is 7.05 Å². The average molecular weight is 222 g/mol. The summed E-state index contributed by atoms with van der Waals surface area (Å²) in [4.78, 5) is 4.58. The lowest BCUT2D eigenvalue weighted by Gasteiger charge is -2.20. The van der Waals surface area contributed by atoms with Crippen LogP contribution in [0.25, 0.3) is 0 Å². The highest BCUT2D eigenvalue weighted by Gasteiger charge is 2.29. The summed E-state index contributed by atoms with van der Waals surface area (Å²) in [6.07, 6.45) is 5.67. The number of nitrogens with one attached hydrogen (secondary N) is 1. The SMILES string of the molecule is CCc1nc(CC)n(C2CCCC2NC)n1. The van der Waals surface area contributed by atoms with Crippen LogP contribution in [0, 0.1) is 0 Å². The van der Waals surface area contributed by atoms with E-state index in [2.05, 4.69) is 33.9 Å². The monoisotopic (exact) mass is 222 g/mol. The number of rotatable bonds is 4. The normalized spacial score (nSPS) is 25.2. The van der Waals surface area contributed by atoms with Crippen molar-refractivity contribution < 1.29 is 0 Å². The predicted octanol–water partition coefficient (Wildman–Crippen LogP) is 1.72. The van der Waals surface area contributed by atoms with Gasteiger partial charge in [0.05, 0.1) is 6.04 Å². The molecule has 2 rings (SSSR count). The Balaban J connectivity index is 2.27. The second kappa shape index (κ2) is 4.95. The van der Waals surface area contributed by atoms with Crippen LogP contribution in [0.15, 0.2) is 0 Å². The number of hydrogen-bond donors (Lipinski definition) is 1. The Morgan fingerprint density at radius 1 is 1.31 bits per heavy atom. The summed E-state index contributed by atoms with van der Waals surface area (Å²) in [5.74, 6) is 2.13. The Morgan fingerprint density at radius 3 is 2.75 bits per heavy atom. The molecule has 0 amide bonds. The third-order valence-electron chi connectivity index (χ3n) is 3.54. The Labute approximate surface area is 97.5 Å². The van der Waals surface area contributed by atoms with Crippen molar-refractivity contribution in [3.63, 3.8) is 0 Å². The van der Waals surface area contributed by atoms with Gasteiger partial charge in [0.25, 0.3) is 0 Å². The van der Waals surface area contributed by atoms with E-state index in [9.17, 15) is 0 Å². The first kappa shape index (κ1) is 11.6. The van der Waals surface area contributed by atoms with Crippen LogP contribution >= 0.6 is 0 Å². The molecule has 1 saturated carbocycles. The standard InChI is InChI=1S/C12H22N4/c1-4-11-14-12(5-2)16(15-11)10-8-6-7-9(10)13-3/h9-10,13H,4-8H2,1-3H3. The molecule has 1 aromatic heterocycles. The van der Waals surface area contributed by atoms with Crippen LogP contribution in [0.1, 0.15) is 50.8 Å². The molecular weight excluding hydrogens is 200 g/mol. The molecule has 0 saturated heterocycles. The smallest absolute Gasteiger partial charge is 0.150 e. The topological polar surface area (TPSA) is 42.7 Å². The van der Waals surface area contributed by atoms with E-state index in [0.717, 1.165) is 24.5 Å². The van der Waals surface area contributed by atoms with Crippen LogP contribution in [0.2, 0.25) is 0 Å². The van der Waals surface area contributed by atoms with Crippen molar-refractivity contribution >= 4 is 0 Å². The summed E-state index contributed by atoms with van der Waals surface area (Å²) in [6.45, 7) is 4.27. The van der Waals surface area contributed by atoms with E-state index < -0.39 is 0 Å². The predicted molar refractivity (Wildman–Crippen MR) is 64.5 cm³/mol. The van der Waals surface area contributed by atoms with Crippen molar-refractivity contribution in [2.75, 3.05) is 7.05 Å². The minimum Gasteiger partial charge on any atom is -0.315 e. The summed E-state index contributed by atoms with van der Waals surface area (Å²) in [6, 6.07) is 1.07. The van der Waals surface area contributed by atoms with Crippen molar-refractivity contribution in [2.24, 2.45) is 0 Å². The van der Waals surface area contributed by atoms with Gasteiger partial charge in [-0.3, -0.25) is 0 Å². The van der Waals surface area contributed by atoms with E-state index in [1.54, 1.807) is 0 Å². The average Bonchev–Trinajstić information content (AvgIpc) is 2.93. The number of likely N-dealkylation sites (N-methyl/N-ethyl adjacent to an activating group) is 1. The molecule has 2 unspecified atom stereocenters. The van der Waals surface area contributed by atoms with Gasteiger partial charge in [-0.25, -0.2) is 9.67 Å². The first-order valence-corrected chi connectivity index (χ1v) is 6.41. The van der Waals surface area contributed by atoms with Gasteiger partial charge in [0.2, 0.25) is 0 Å². The van der Waals surface area contributed by atoms with Crippen molar-refractivity contribution in [2.45, 2.75) is 58.0 Å². The Bertz CT molecular complexity index is 345. The van der Waals surface area contributed by atoms with Gasteiger partial charge in [-0.2, -0.15) is 5.10 Å². The summed E-state index contributed by atoms with van der Waals surface area (Å²) in [5, 5.41) is 8.05. The van der Waals surface area contributed by atoms with E-state index in [1.165, 1.54) is 19.3 Å². The van der Waals surface area contributed by atoms with Crippen molar-refractivity contribution in [3.8, 4) is 0 Å². The molecule has 1 N–H and O–H groups in total. The molecular formula is C12H22N4. The summed E-state index contributed by atoms with van der Waals surface area (Å²) >= 11 is 0. The highest BCUT2D eigenvalue weighted by atomic mass is 15.4. The van der Waals surface area contributed by atoms with Gasteiger partial charge in [-0.05, 0) is 26.3 Å². The fourth-order valence-corrected chi connectivity index (χ4v) is 2.63. The maximum atomic E-state index is 4.65. The first-order chi connectivity index (χ1) is 7.80. The van der Waals surface area contributed by atoms with Gasteiger partial charge in [0.15, 0.2) is 5.82 Å². The molecule has 90 valence electrons. The van der Waals surface area contributed by atoms with E-state index in [-0.39, 0.29) is 0 Å². The molecule has 0 spiro atoms. The minimum atomic E-state index is 0.507. The highest BCUT2D eigenvalue weighted by Crippen LogP contribution is 2.30. The first-order valence-electron chi connectivity index (χ1n) is 6.41. The molecule has 1 heterocycles. The van der Waals surface area contributed by atoms with Crippen LogP contribution in [0.5, 0.6) is 0 Å². The van der Waals surface area contributed by atoms with Crippen LogP contribution < -0.4 is 5.32 Å². The maximum Gasteiger partial charge on any atom is 0.150 e. The van der Waals surface area contributed by atoms with Crippen LogP contribution in [-0.4, -0.2) is 27.9 Å². The zero-order valence-corrected chi connectivity index (χ0v) is 10.5. The summed E-state index contributed by atoms with van der Waals surface area (Å²) in [5.41, 5.74) is 0. The second-order valence-electron chi connectivity index (χ2n) is 4.49. The van der Waals surface area contributed by atoms with Crippen molar-refractivity contribution in [1.29, 1.82) is 0 Å². The van der Waals surface area contributed by atoms with Crippen molar-refractivity contribution in [1.82, 2.24) is 20.1 Å². The van der Waals surface area contributed by atoms with Crippen LogP contribution in [0.3, 0.4) is 0 Å². The molecule has 0 aliphatic heterocycles. The van der Waals surface area contributed by atoms with Crippen LogP contribution in [0.4, 0.5) is 0 Å². The second-order valence-corrected chi connectivity index (χ2v) is 4.49. The fourth-order valence-electron chi connectivity index (χ4n) is 2.63. The van der Waals surface area contributed by atoms with Gasteiger partial charge in [-0.15, -0.1) is 0 Å². The Morgan fingerprint density at radius 2 is 2.12 bits per heavy atom.